The van der Waals surface area contributed by atoms with Gasteiger partial charge in [0.15, 0.2) is 0 Å². The topological polar surface area (TPSA) is 70.7 Å². The Morgan fingerprint density at radius 3 is 2.89 bits per heavy atom. The zero-order valence-electron chi connectivity index (χ0n) is 12.1. The molecule has 19 heavy (non-hydrogen) atoms. The molecule has 1 aliphatic heterocycles. The lowest BCUT2D eigenvalue weighted by atomic mass is 10.0. The third kappa shape index (κ3) is 5.57. The lowest BCUT2D eigenvalue weighted by Crippen LogP contribution is -2.54. The molecule has 0 saturated carbocycles. The number of carbonyl (C=O) groups excluding carboxylic acids is 2. The summed E-state index contributed by atoms with van der Waals surface area (Å²) in [7, 11) is 1.59. The Bertz CT molecular complexity index is 308. The van der Waals surface area contributed by atoms with Crippen molar-refractivity contribution in [2.45, 2.75) is 38.8 Å². The molecule has 0 radical (unpaired) electrons. The monoisotopic (exact) mass is 271 g/mol. The summed E-state index contributed by atoms with van der Waals surface area (Å²) < 4.78 is 4.86. The van der Waals surface area contributed by atoms with Crippen LogP contribution in [0.4, 0.5) is 0 Å². The van der Waals surface area contributed by atoms with Crippen LogP contribution < -0.4 is 10.6 Å². The van der Waals surface area contributed by atoms with E-state index in [1.165, 1.54) is 0 Å². The number of rotatable bonds is 7. The largest absolute Gasteiger partial charge is 0.383 e. The Morgan fingerprint density at radius 1 is 1.53 bits per heavy atom. The zero-order valence-corrected chi connectivity index (χ0v) is 12.1. The van der Waals surface area contributed by atoms with Gasteiger partial charge in [0.1, 0.15) is 0 Å². The zero-order chi connectivity index (χ0) is 14.3. The fraction of sp³-hybridized carbons (Fsp3) is 0.846. The van der Waals surface area contributed by atoms with E-state index in [1.54, 1.807) is 12.0 Å². The van der Waals surface area contributed by atoms with Crippen LogP contribution in [0.5, 0.6) is 0 Å². The second kappa shape index (κ2) is 8.12. The van der Waals surface area contributed by atoms with Crippen molar-refractivity contribution in [3.8, 4) is 0 Å². The Labute approximate surface area is 114 Å². The van der Waals surface area contributed by atoms with Gasteiger partial charge < -0.3 is 20.3 Å². The molecular weight excluding hydrogens is 246 g/mol. The molecule has 0 aliphatic carbocycles. The van der Waals surface area contributed by atoms with Crippen LogP contribution in [0.15, 0.2) is 0 Å². The van der Waals surface area contributed by atoms with E-state index < -0.39 is 0 Å². The van der Waals surface area contributed by atoms with Gasteiger partial charge in [-0.25, -0.2) is 0 Å². The van der Waals surface area contributed by atoms with Gasteiger partial charge in [-0.3, -0.25) is 9.59 Å². The number of ether oxygens (including phenoxy) is 1. The van der Waals surface area contributed by atoms with E-state index in [-0.39, 0.29) is 30.4 Å². The predicted octanol–water partition coefficient (Wildman–Crippen LogP) is -0.262. The summed E-state index contributed by atoms with van der Waals surface area (Å²) in [6, 6.07) is 0.116. The van der Waals surface area contributed by atoms with E-state index in [2.05, 4.69) is 10.6 Å². The third-order valence-corrected chi connectivity index (χ3v) is 3.03. The minimum atomic E-state index is -0.152. The summed E-state index contributed by atoms with van der Waals surface area (Å²) in [5.74, 6) is -0.0996. The number of amides is 2. The molecule has 0 aromatic rings. The molecule has 2 amide bonds. The van der Waals surface area contributed by atoms with E-state index in [9.17, 15) is 9.59 Å². The molecule has 0 aromatic heterocycles. The third-order valence-electron chi connectivity index (χ3n) is 3.03. The van der Waals surface area contributed by atoms with Crippen molar-refractivity contribution in [3.05, 3.63) is 0 Å². The van der Waals surface area contributed by atoms with Crippen LogP contribution in [0, 0.1) is 0 Å². The summed E-state index contributed by atoms with van der Waals surface area (Å²) in [5.41, 5.74) is 0. The highest BCUT2D eigenvalue weighted by Gasteiger charge is 2.29. The molecule has 0 bridgehead atoms. The van der Waals surface area contributed by atoms with Crippen molar-refractivity contribution in [1.82, 2.24) is 15.5 Å². The predicted molar refractivity (Wildman–Crippen MR) is 72.8 cm³/mol. The Kier molecular flexibility index (Phi) is 6.80. The molecule has 1 fully saturated rings. The first-order valence-corrected chi connectivity index (χ1v) is 6.85. The Morgan fingerprint density at radius 2 is 2.26 bits per heavy atom. The maximum absolute atomic E-state index is 12.2. The molecule has 1 atom stereocenters. The lowest BCUT2D eigenvalue weighted by Gasteiger charge is -2.33. The first-order chi connectivity index (χ1) is 9.04. The van der Waals surface area contributed by atoms with Gasteiger partial charge in [-0.2, -0.15) is 0 Å². The van der Waals surface area contributed by atoms with E-state index in [0.717, 1.165) is 12.8 Å². The normalized spacial score (nSPS) is 19.9. The van der Waals surface area contributed by atoms with Gasteiger partial charge in [0, 0.05) is 26.2 Å². The quantitative estimate of drug-likeness (QED) is 0.626. The van der Waals surface area contributed by atoms with Crippen molar-refractivity contribution >= 4 is 11.8 Å². The SMILES string of the molecule is COCCNC(=O)CN1CCCC(NC(C)C)C1=O. The van der Waals surface area contributed by atoms with Crippen LogP contribution in [-0.4, -0.2) is 62.1 Å². The molecular formula is C13H25N3O3. The van der Waals surface area contributed by atoms with E-state index in [1.807, 2.05) is 13.8 Å². The number of carbonyl (C=O) groups is 2. The van der Waals surface area contributed by atoms with Gasteiger partial charge in [0.25, 0.3) is 0 Å². The van der Waals surface area contributed by atoms with Gasteiger partial charge in [0.2, 0.25) is 11.8 Å². The molecule has 1 unspecified atom stereocenters. The minimum absolute atomic E-state index is 0.0295. The summed E-state index contributed by atoms with van der Waals surface area (Å²) in [5, 5.41) is 5.97. The lowest BCUT2D eigenvalue weighted by molar-refractivity contribution is -0.140. The van der Waals surface area contributed by atoms with Crippen LogP contribution in [0.3, 0.4) is 0 Å². The Hall–Kier alpha value is -1.14. The van der Waals surface area contributed by atoms with Gasteiger partial charge in [-0.15, -0.1) is 0 Å². The average molecular weight is 271 g/mol. The maximum Gasteiger partial charge on any atom is 0.240 e. The number of likely N-dealkylation sites (tertiary alicyclic amines) is 1. The molecule has 2 N–H and O–H groups in total. The smallest absolute Gasteiger partial charge is 0.240 e. The number of hydrogen-bond acceptors (Lipinski definition) is 4. The maximum atomic E-state index is 12.2. The van der Waals surface area contributed by atoms with Crippen LogP contribution in [0.2, 0.25) is 0 Å². The summed E-state index contributed by atoms with van der Waals surface area (Å²) in [6.07, 6.45) is 1.78. The molecule has 1 aliphatic rings. The molecule has 1 saturated heterocycles. The first kappa shape index (κ1) is 15.9. The highest BCUT2D eigenvalue weighted by molar-refractivity contribution is 5.88. The number of hydrogen-bond donors (Lipinski definition) is 2. The van der Waals surface area contributed by atoms with Crippen molar-refractivity contribution in [1.29, 1.82) is 0 Å². The van der Waals surface area contributed by atoms with Gasteiger partial charge >= 0.3 is 0 Å². The summed E-state index contributed by atoms with van der Waals surface area (Å²) in [6.45, 7) is 5.79. The van der Waals surface area contributed by atoms with Crippen LogP contribution in [0.1, 0.15) is 26.7 Å². The number of piperidine rings is 1. The molecule has 0 aromatic carbocycles. The second-order valence-corrected chi connectivity index (χ2v) is 5.12. The first-order valence-electron chi connectivity index (χ1n) is 6.85. The highest BCUT2D eigenvalue weighted by atomic mass is 16.5. The van der Waals surface area contributed by atoms with Crippen LogP contribution >= 0.6 is 0 Å². The highest BCUT2D eigenvalue weighted by Crippen LogP contribution is 2.12. The molecule has 1 heterocycles. The van der Waals surface area contributed by atoms with E-state index >= 15 is 0 Å². The van der Waals surface area contributed by atoms with Crippen molar-refractivity contribution < 1.29 is 14.3 Å². The number of nitrogens with zero attached hydrogens (tertiary/aromatic N) is 1. The van der Waals surface area contributed by atoms with Gasteiger partial charge in [-0.1, -0.05) is 13.8 Å². The molecule has 0 spiro atoms. The van der Waals surface area contributed by atoms with E-state index in [4.69, 9.17) is 4.74 Å². The Balaban J connectivity index is 2.40. The van der Waals surface area contributed by atoms with Gasteiger partial charge in [0.05, 0.1) is 19.2 Å². The van der Waals surface area contributed by atoms with Crippen molar-refractivity contribution in [2.24, 2.45) is 0 Å². The van der Waals surface area contributed by atoms with E-state index in [0.29, 0.717) is 19.7 Å². The number of nitrogens with one attached hydrogen (secondary N) is 2. The van der Waals surface area contributed by atoms with Crippen LogP contribution in [0.25, 0.3) is 0 Å². The fourth-order valence-corrected chi connectivity index (χ4v) is 2.18. The molecule has 110 valence electrons. The second-order valence-electron chi connectivity index (χ2n) is 5.12. The minimum Gasteiger partial charge on any atom is -0.383 e. The summed E-state index contributed by atoms with van der Waals surface area (Å²) in [4.78, 5) is 25.5. The summed E-state index contributed by atoms with van der Waals surface area (Å²) >= 11 is 0. The molecule has 1 rings (SSSR count). The van der Waals surface area contributed by atoms with Crippen molar-refractivity contribution in [2.75, 3.05) is 33.4 Å². The molecule has 6 heteroatoms. The number of methoxy groups -OCH3 is 1. The molecule has 6 nitrogen and oxygen atoms in total. The average Bonchev–Trinajstić information content (AvgIpc) is 2.34. The standard InChI is InChI=1S/C13H25N3O3/c1-10(2)15-11-5-4-7-16(13(11)18)9-12(17)14-6-8-19-3/h10-11,15H,4-9H2,1-3H3,(H,14,17). The van der Waals surface area contributed by atoms with Crippen molar-refractivity contribution in [3.63, 3.8) is 0 Å². The van der Waals surface area contributed by atoms with Crippen LogP contribution in [-0.2, 0) is 14.3 Å². The van der Waals surface area contributed by atoms with Gasteiger partial charge in [-0.05, 0) is 12.8 Å². The fourth-order valence-electron chi connectivity index (χ4n) is 2.18.